The fourth-order valence-electron chi connectivity index (χ4n) is 8.05. The summed E-state index contributed by atoms with van der Waals surface area (Å²) >= 11 is 0. The van der Waals surface area contributed by atoms with Gasteiger partial charge in [0.15, 0.2) is 11.6 Å². The van der Waals surface area contributed by atoms with Crippen molar-refractivity contribution in [2.75, 3.05) is 0 Å². The molecule has 3 heterocycles. The van der Waals surface area contributed by atoms with Gasteiger partial charge in [0.25, 0.3) is 0 Å². The van der Waals surface area contributed by atoms with Gasteiger partial charge in [-0.2, -0.15) is 9.97 Å². The molecule has 0 bridgehead atoms. The first-order valence-electron chi connectivity index (χ1n) is 17.5. The highest BCUT2D eigenvalue weighted by Gasteiger charge is 2.22. The molecule has 11 aromatic rings. The number of fused-ring (bicyclic) bond motifs is 9. The van der Waals surface area contributed by atoms with Crippen molar-refractivity contribution >= 4 is 65.2 Å². The van der Waals surface area contributed by atoms with Gasteiger partial charge in [0.05, 0.1) is 22.1 Å². The summed E-state index contributed by atoms with van der Waals surface area (Å²) < 4.78 is 4.56. The lowest BCUT2D eigenvalue weighted by atomic mass is 10.0. The Morgan fingerprint density at radius 3 is 1.81 bits per heavy atom. The van der Waals surface area contributed by atoms with Crippen LogP contribution < -0.4 is 0 Å². The van der Waals surface area contributed by atoms with Crippen LogP contribution in [0.25, 0.3) is 99.6 Å². The average molecular weight is 664 g/mol. The number of rotatable bonds is 4. The van der Waals surface area contributed by atoms with E-state index in [2.05, 4.69) is 167 Å². The van der Waals surface area contributed by atoms with Gasteiger partial charge in [-0.1, -0.05) is 133 Å². The molecule has 0 aliphatic rings. The van der Waals surface area contributed by atoms with E-state index in [1.807, 2.05) is 18.2 Å². The Bertz CT molecular complexity index is 3180. The summed E-state index contributed by atoms with van der Waals surface area (Å²) in [5.74, 6) is 1.83. The van der Waals surface area contributed by atoms with Crippen LogP contribution in [0.1, 0.15) is 0 Å². The summed E-state index contributed by atoms with van der Waals surface area (Å²) in [4.78, 5) is 15.9. The number of para-hydroxylation sites is 2. The van der Waals surface area contributed by atoms with Gasteiger partial charge in [-0.3, -0.25) is 4.57 Å². The van der Waals surface area contributed by atoms with E-state index >= 15 is 0 Å². The van der Waals surface area contributed by atoms with Gasteiger partial charge in [0.1, 0.15) is 0 Å². The minimum absolute atomic E-state index is 0.582. The number of hydrogen-bond donors (Lipinski definition) is 0. The van der Waals surface area contributed by atoms with E-state index in [-0.39, 0.29) is 0 Å². The van der Waals surface area contributed by atoms with Crippen LogP contribution in [0.5, 0.6) is 0 Å². The highest BCUT2D eigenvalue weighted by molar-refractivity contribution is 6.23. The van der Waals surface area contributed by atoms with E-state index in [0.29, 0.717) is 17.6 Å². The Hall–Kier alpha value is -7.11. The number of nitrogens with zero attached hydrogens (tertiary/aromatic N) is 5. The predicted molar refractivity (Wildman–Crippen MR) is 214 cm³/mol. The summed E-state index contributed by atoms with van der Waals surface area (Å²) in [5.41, 5.74) is 7.35. The quantitative estimate of drug-likeness (QED) is 0.188. The van der Waals surface area contributed by atoms with Crippen molar-refractivity contribution in [1.29, 1.82) is 0 Å². The van der Waals surface area contributed by atoms with Crippen molar-refractivity contribution in [2.45, 2.75) is 0 Å². The van der Waals surface area contributed by atoms with E-state index in [4.69, 9.17) is 15.0 Å². The summed E-state index contributed by atoms with van der Waals surface area (Å²) in [7, 11) is 0. The SMILES string of the molecule is c1ccc(-c2nc(-c3cccc4c3c3ccccc3n4-c3ccccc3)nc(-n3c4cc5ccccc5cc4c4c5ccccc5ccc43)n2)cc1. The molecule has 11 rings (SSSR count). The highest BCUT2D eigenvalue weighted by atomic mass is 15.2. The van der Waals surface area contributed by atoms with Crippen LogP contribution >= 0.6 is 0 Å². The van der Waals surface area contributed by atoms with Crippen molar-refractivity contribution in [1.82, 2.24) is 24.1 Å². The number of hydrogen-bond acceptors (Lipinski definition) is 3. The minimum Gasteiger partial charge on any atom is -0.309 e. The smallest absolute Gasteiger partial charge is 0.238 e. The lowest BCUT2D eigenvalue weighted by Crippen LogP contribution is -2.06. The third-order valence-electron chi connectivity index (χ3n) is 10.3. The predicted octanol–water partition coefficient (Wildman–Crippen LogP) is 11.7. The lowest BCUT2D eigenvalue weighted by molar-refractivity contribution is 0.955. The fraction of sp³-hybridized carbons (Fsp3) is 0. The minimum atomic E-state index is 0.582. The molecule has 0 spiro atoms. The Labute approximate surface area is 298 Å². The molecule has 0 atom stereocenters. The van der Waals surface area contributed by atoms with Gasteiger partial charge < -0.3 is 4.57 Å². The van der Waals surface area contributed by atoms with Crippen molar-refractivity contribution in [2.24, 2.45) is 0 Å². The average Bonchev–Trinajstić information content (AvgIpc) is 3.73. The molecular weight excluding hydrogens is 635 g/mol. The second-order valence-corrected chi connectivity index (χ2v) is 13.3. The maximum absolute atomic E-state index is 5.40. The number of benzene rings is 8. The Balaban J connectivity index is 1.27. The Morgan fingerprint density at radius 2 is 0.981 bits per heavy atom. The van der Waals surface area contributed by atoms with Crippen molar-refractivity contribution in [3.05, 3.63) is 176 Å². The summed E-state index contributed by atoms with van der Waals surface area (Å²) in [6.07, 6.45) is 0. The van der Waals surface area contributed by atoms with E-state index in [9.17, 15) is 0 Å². The summed E-state index contributed by atoms with van der Waals surface area (Å²) in [5, 5.41) is 9.38. The molecular formula is C47H29N5. The first-order valence-corrected chi connectivity index (χ1v) is 17.5. The molecule has 0 saturated carbocycles. The molecule has 0 saturated heterocycles. The van der Waals surface area contributed by atoms with Crippen LogP contribution in [0.15, 0.2) is 176 Å². The van der Waals surface area contributed by atoms with Crippen LogP contribution in [-0.4, -0.2) is 24.1 Å². The van der Waals surface area contributed by atoms with Crippen LogP contribution in [0, 0.1) is 0 Å². The third-order valence-corrected chi connectivity index (χ3v) is 10.3. The maximum atomic E-state index is 5.40. The molecule has 3 aromatic heterocycles. The normalized spacial score (nSPS) is 11.8. The first kappa shape index (κ1) is 28.7. The van der Waals surface area contributed by atoms with Gasteiger partial charge in [-0.15, -0.1) is 0 Å². The van der Waals surface area contributed by atoms with Gasteiger partial charge in [-0.05, 0) is 64.0 Å². The zero-order valence-corrected chi connectivity index (χ0v) is 28.0. The molecule has 0 N–H and O–H groups in total. The van der Waals surface area contributed by atoms with Gasteiger partial charge in [0.2, 0.25) is 5.95 Å². The first-order chi connectivity index (χ1) is 25.8. The highest BCUT2D eigenvalue weighted by Crippen LogP contribution is 2.41. The molecule has 0 fully saturated rings. The van der Waals surface area contributed by atoms with Gasteiger partial charge >= 0.3 is 0 Å². The van der Waals surface area contributed by atoms with Crippen LogP contribution in [0.2, 0.25) is 0 Å². The topological polar surface area (TPSA) is 48.5 Å². The van der Waals surface area contributed by atoms with Crippen molar-refractivity contribution < 1.29 is 0 Å². The zero-order valence-electron chi connectivity index (χ0n) is 28.0. The second kappa shape index (κ2) is 11.2. The van der Waals surface area contributed by atoms with Crippen molar-refractivity contribution in [3.63, 3.8) is 0 Å². The lowest BCUT2D eigenvalue weighted by Gasteiger charge is -2.12. The molecule has 0 amide bonds. The molecule has 5 heteroatoms. The van der Waals surface area contributed by atoms with Gasteiger partial charge in [-0.25, -0.2) is 4.98 Å². The molecule has 52 heavy (non-hydrogen) atoms. The largest absolute Gasteiger partial charge is 0.309 e. The number of aromatic nitrogens is 5. The molecule has 242 valence electrons. The molecule has 5 nitrogen and oxygen atoms in total. The van der Waals surface area contributed by atoms with E-state index in [1.54, 1.807) is 0 Å². The fourth-order valence-corrected chi connectivity index (χ4v) is 8.05. The third kappa shape index (κ3) is 4.26. The summed E-state index contributed by atoms with van der Waals surface area (Å²) in [6, 6.07) is 62.0. The summed E-state index contributed by atoms with van der Waals surface area (Å²) in [6.45, 7) is 0. The van der Waals surface area contributed by atoms with Gasteiger partial charge in [0, 0.05) is 38.4 Å². The molecule has 0 unspecified atom stereocenters. The Morgan fingerprint density at radius 1 is 0.346 bits per heavy atom. The molecule has 0 aliphatic carbocycles. The molecule has 0 radical (unpaired) electrons. The van der Waals surface area contributed by atoms with Crippen LogP contribution in [-0.2, 0) is 0 Å². The molecule has 8 aromatic carbocycles. The molecule has 0 aliphatic heterocycles. The Kier molecular flexibility index (Phi) is 6.18. The standard InChI is InChI=1S/C47H29N5/c1-3-15-31(16-4-1)45-48-46(37-23-13-25-40-44(37)36-22-11-12-24-39(36)51(40)34-19-5-2-6-20-34)50-47(49-45)52-41-27-26-30-14-9-10-21-35(30)43(41)38-28-32-17-7-8-18-33(32)29-42(38)52/h1-29H. The second-order valence-electron chi connectivity index (χ2n) is 13.3. The van der Waals surface area contributed by atoms with E-state index in [1.165, 1.54) is 32.3 Å². The van der Waals surface area contributed by atoms with Crippen LogP contribution in [0.4, 0.5) is 0 Å². The van der Waals surface area contributed by atoms with Crippen LogP contribution in [0.3, 0.4) is 0 Å². The zero-order chi connectivity index (χ0) is 34.2. The van der Waals surface area contributed by atoms with E-state index < -0.39 is 0 Å². The maximum Gasteiger partial charge on any atom is 0.238 e. The van der Waals surface area contributed by atoms with E-state index in [0.717, 1.165) is 49.7 Å². The monoisotopic (exact) mass is 663 g/mol. The van der Waals surface area contributed by atoms with Crippen molar-refractivity contribution in [3.8, 4) is 34.4 Å².